The molecule has 2 N–H and O–H groups in total. The fourth-order valence-corrected chi connectivity index (χ4v) is 2.15. The first-order chi connectivity index (χ1) is 11.7. The summed E-state index contributed by atoms with van der Waals surface area (Å²) in [5, 5.41) is 13.7. The van der Waals surface area contributed by atoms with E-state index in [1.54, 1.807) is 30.3 Å². The molecular formula is C17H16N2O5. The van der Waals surface area contributed by atoms with Gasteiger partial charge in [-0.25, -0.2) is 5.43 Å². The highest BCUT2D eigenvalue weighted by Crippen LogP contribution is 2.32. The van der Waals surface area contributed by atoms with Gasteiger partial charge in [-0.1, -0.05) is 0 Å². The SMILES string of the molecule is CCOc1ccc(C=NNC(=O)c2ccc3c(c2)OCO3)c(O)c1. The summed E-state index contributed by atoms with van der Waals surface area (Å²) in [5.74, 6) is 1.32. The van der Waals surface area contributed by atoms with E-state index in [0.717, 1.165) is 0 Å². The van der Waals surface area contributed by atoms with E-state index < -0.39 is 5.91 Å². The molecule has 7 nitrogen and oxygen atoms in total. The molecule has 1 aliphatic heterocycles. The van der Waals surface area contributed by atoms with Gasteiger partial charge >= 0.3 is 0 Å². The van der Waals surface area contributed by atoms with Crippen molar-refractivity contribution in [2.45, 2.75) is 6.92 Å². The Morgan fingerprint density at radius 3 is 2.92 bits per heavy atom. The zero-order chi connectivity index (χ0) is 16.9. The van der Waals surface area contributed by atoms with Crippen LogP contribution in [0.2, 0.25) is 0 Å². The molecule has 1 heterocycles. The van der Waals surface area contributed by atoms with E-state index in [2.05, 4.69) is 10.5 Å². The number of amides is 1. The van der Waals surface area contributed by atoms with Gasteiger partial charge < -0.3 is 19.3 Å². The van der Waals surface area contributed by atoms with Crippen LogP contribution in [-0.4, -0.2) is 30.6 Å². The van der Waals surface area contributed by atoms with Crippen LogP contribution in [0.25, 0.3) is 0 Å². The lowest BCUT2D eigenvalue weighted by atomic mass is 10.2. The van der Waals surface area contributed by atoms with Crippen molar-refractivity contribution in [1.29, 1.82) is 0 Å². The third kappa shape index (κ3) is 3.40. The van der Waals surface area contributed by atoms with Gasteiger partial charge in [0.15, 0.2) is 11.5 Å². The van der Waals surface area contributed by atoms with Crippen molar-refractivity contribution in [3.63, 3.8) is 0 Å². The number of hydrogen-bond donors (Lipinski definition) is 2. The zero-order valence-corrected chi connectivity index (χ0v) is 13.0. The first-order valence-electron chi connectivity index (χ1n) is 7.36. The Morgan fingerprint density at radius 2 is 2.12 bits per heavy atom. The van der Waals surface area contributed by atoms with Crippen LogP contribution >= 0.6 is 0 Å². The Morgan fingerprint density at radius 1 is 1.29 bits per heavy atom. The molecule has 0 spiro atoms. The summed E-state index contributed by atoms with van der Waals surface area (Å²) < 4.78 is 15.7. The summed E-state index contributed by atoms with van der Waals surface area (Å²) in [5.41, 5.74) is 3.26. The lowest BCUT2D eigenvalue weighted by Crippen LogP contribution is -2.17. The molecule has 24 heavy (non-hydrogen) atoms. The van der Waals surface area contributed by atoms with E-state index in [1.165, 1.54) is 12.3 Å². The van der Waals surface area contributed by atoms with Gasteiger partial charge in [-0.05, 0) is 37.3 Å². The molecule has 2 aromatic carbocycles. The van der Waals surface area contributed by atoms with Gasteiger partial charge in [0.2, 0.25) is 6.79 Å². The molecule has 0 radical (unpaired) electrons. The highest BCUT2D eigenvalue weighted by molar-refractivity contribution is 5.95. The maximum atomic E-state index is 12.1. The Hall–Kier alpha value is -3.22. The molecule has 0 aromatic heterocycles. The molecule has 0 atom stereocenters. The van der Waals surface area contributed by atoms with Crippen LogP contribution in [0.5, 0.6) is 23.0 Å². The molecule has 0 bridgehead atoms. The molecule has 3 rings (SSSR count). The van der Waals surface area contributed by atoms with Crippen molar-refractivity contribution in [2.75, 3.05) is 13.4 Å². The normalized spacial score (nSPS) is 12.4. The summed E-state index contributed by atoms with van der Waals surface area (Å²) in [6.45, 7) is 2.52. The lowest BCUT2D eigenvalue weighted by Gasteiger charge is -2.05. The Kier molecular flexibility index (Phi) is 4.51. The molecule has 0 unspecified atom stereocenters. The standard InChI is InChI=1S/C17H16N2O5/c1-2-22-13-5-3-12(14(20)8-13)9-18-19-17(21)11-4-6-15-16(7-11)24-10-23-15/h3-9,20H,2,10H2,1H3,(H,19,21). The van der Waals surface area contributed by atoms with Crippen molar-refractivity contribution in [3.8, 4) is 23.0 Å². The number of carbonyl (C=O) groups is 1. The number of aromatic hydroxyl groups is 1. The summed E-state index contributed by atoms with van der Waals surface area (Å²) in [4.78, 5) is 12.1. The van der Waals surface area contributed by atoms with Gasteiger partial charge in [-0.3, -0.25) is 4.79 Å². The maximum Gasteiger partial charge on any atom is 0.271 e. The van der Waals surface area contributed by atoms with Crippen molar-refractivity contribution in [2.24, 2.45) is 5.10 Å². The molecule has 1 amide bonds. The monoisotopic (exact) mass is 328 g/mol. The number of phenolic OH excluding ortho intramolecular Hbond substituents is 1. The topological polar surface area (TPSA) is 89.4 Å². The number of rotatable bonds is 5. The van der Waals surface area contributed by atoms with Crippen molar-refractivity contribution in [1.82, 2.24) is 5.43 Å². The van der Waals surface area contributed by atoms with Crippen LogP contribution in [0.15, 0.2) is 41.5 Å². The minimum Gasteiger partial charge on any atom is -0.507 e. The molecule has 0 saturated carbocycles. The number of phenols is 1. The number of fused-ring (bicyclic) bond motifs is 1. The largest absolute Gasteiger partial charge is 0.507 e. The van der Waals surface area contributed by atoms with E-state index in [4.69, 9.17) is 14.2 Å². The third-order valence-corrected chi connectivity index (χ3v) is 3.32. The van der Waals surface area contributed by atoms with Crippen LogP contribution in [0.1, 0.15) is 22.8 Å². The highest BCUT2D eigenvalue weighted by atomic mass is 16.7. The fraction of sp³-hybridized carbons (Fsp3) is 0.176. The van der Waals surface area contributed by atoms with Crippen molar-refractivity contribution in [3.05, 3.63) is 47.5 Å². The molecule has 0 aliphatic carbocycles. The van der Waals surface area contributed by atoms with Gasteiger partial charge in [-0.15, -0.1) is 0 Å². The van der Waals surface area contributed by atoms with E-state index in [1.807, 2.05) is 6.92 Å². The number of hydrazone groups is 1. The summed E-state index contributed by atoms with van der Waals surface area (Å²) in [6.07, 6.45) is 1.36. The average Bonchev–Trinajstić information content (AvgIpc) is 3.04. The van der Waals surface area contributed by atoms with Gasteiger partial charge in [0.1, 0.15) is 11.5 Å². The molecule has 0 fully saturated rings. The minimum atomic E-state index is -0.394. The van der Waals surface area contributed by atoms with Crippen LogP contribution in [0.3, 0.4) is 0 Å². The van der Waals surface area contributed by atoms with Crippen LogP contribution in [0, 0.1) is 0 Å². The second-order valence-electron chi connectivity index (χ2n) is 4.92. The summed E-state index contributed by atoms with van der Waals surface area (Å²) >= 11 is 0. The molecular weight excluding hydrogens is 312 g/mol. The van der Waals surface area contributed by atoms with Gasteiger partial charge in [0.25, 0.3) is 5.91 Å². The van der Waals surface area contributed by atoms with Gasteiger partial charge in [0.05, 0.1) is 12.8 Å². The van der Waals surface area contributed by atoms with E-state index in [-0.39, 0.29) is 12.5 Å². The van der Waals surface area contributed by atoms with Crippen LogP contribution in [-0.2, 0) is 0 Å². The van der Waals surface area contributed by atoms with E-state index in [9.17, 15) is 9.90 Å². The molecule has 1 aliphatic rings. The van der Waals surface area contributed by atoms with Crippen molar-refractivity contribution < 1.29 is 24.1 Å². The lowest BCUT2D eigenvalue weighted by molar-refractivity contribution is 0.0954. The predicted octanol–water partition coefficient (Wildman–Crippen LogP) is 2.28. The van der Waals surface area contributed by atoms with Crippen LogP contribution in [0.4, 0.5) is 0 Å². The number of carbonyl (C=O) groups excluding carboxylic acids is 1. The third-order valence-electron chi connectivity index (χ3n) is 3.32. The molecule has 0 saturated heterocycles. The Balaban J connectivity index is 1.64. The minimum absolute atomic E-state index is 0.0158. The van der Waals surface area contributed by atoms with Gasteiger partial charge in [0, 0.05) is 17.2 Å². The van der Waals surface area contributed by atoms with Crippen molar-refractivity contribution >= 4 is 12.1 Å². The number of benzene rings is 2. The Labute approximate surface area is 138 Å². The molecule has 124 valence electrons. The number of hydrogen-bond acceptors (Lipinski definition) is 6. The maximum absolute atomic E-state index is 12.1. The highest BCUT2D eigenvalue weighted by Gasteiger charge is 2.15. The van der Waals surface area contributed by atoms with E-state index >= 15 is 0 Å². The zero-order valence-electron chi connectivity index (χ0n) is 13.0. The second-order valence-corrected chi connectivity index (χ2v) is 4.92. The quantitative estimate of drug-likeness (QED) is 0.649. The smallest absolute Gasteiger partial charge is 0.271 e. The summed E-state index contributed by atoms with van der Waals surface area (Å²) in [7, 11) is 0. The first-order valence-corrected chi connectivity index (χ1v) is 7.36. The molecule has 2 aromatic rings. The summed E-state index contributed by atoms with van der Waals surface area (Å²) in [6, 6.07) is 9.72. The first kappa shape index (κ1) is 15.7. The average molecular weight is 328 g/mol. The predicted molar refractivity (Wildman–Crippen MR) is 86.9 cm³/mol. The molecule has 7 heteroatoms. The number of nitrogens with one attached hydrogen (secondary N) is 1. The van der Waals surface area contributed by atoms with Crippen LogP contribution < -0.4 is 19.6 Å². The number of ether oxygens (including phenoxy) is 3. The van der Waals surface area contributed by atoms with Gasteiger partial charge in [-0.2, -0.15) is 5.10 Å². The second kappa shape index (κ2) is 6.91. The number of nitrogens with zero attached hydrogens (tertiary/aromatic N) is 1. The van der Waals surface area contributed by atoms with E-state index in [0.29, 0.717) is 35.0 Å². The Bertz CT molecular complexity index is 789. The fourth-order valence-electron chi connectivity index (χ4n) is 2.15.